The molecule has 3 atom stereocenters. The lowest BCUT2D eigenvalue weighted by Gasteiger charge is -2.36. The first-order valence-corrected chi connectivity index (χ1v) is 11.0. The van der Waals surface area contributed by atoms with Crippen LogP contribution in [-0.2, 0) is 0 Å². The lowest BCUT2D eigenvalue weighted by molar-refractivity contribution is 0.0360. The Balaban J connectivity index is 1.33. The molecule has 1 saturated carbocycles. The summed E-state index contributed by atoms with van der Waals surface area (Å²) in [6.45, 7) is 2.38. The monoisotopic (exact) mass is 429 g/mol. The minimum atomic E-state index is -1.20. The maximum atomic E-state index is 15.1. The average molecular weight is 430 g/mol. The number of rotatable bonds is 4. The van der Waals surface area contributed by atoms with Crippen LogP contribution in [0.25, 0.3) is 16.3 Å². The molecule has 1 aliphatic carbocycles. The number of ether oxygens (including phenoxy) is 1. The quantitative estimate of drug-likeness (QED) is 0.681. The van der Waals surface area contributed by atoms with Gasteiger partial charge in [0.1, 0.15) is 17.5 Å². The van der Waals surface area contributed by atoms with Gasteiger partial charge in [0.05, 0.1) is 16.9 Å². The molecule has 0 radical (unpaired) electrons. The molecule has 3 aliphatic rings. The third kappa shape index (κ3) is 3.67. The summed E-state index contributed by atoms with van der Waals surface area (Å²) in [4.78, 5) is 2.11. The van der Waals surface area contributed by atoms with Crippen LogP contribution < -0.4 is 4.74 Å². The number of hydrogen-bond donors (Lipinski definition) is 1. The molecule has 3 fully saturated rings. The molecule has 1 aromatic carbocycles. The number of phenols is 1. The summed E-state index contributed by atoms with van der Waals surface area (Å²) in [5.41, 5.74) is 1.05. The van der Waals surface area contributed by atoms with Crippen molar-refractivity contribution in [2.24, 2.45) is 0 Å². The Morgan fingerprint density at radius 2 is 2.17 bits per heavy atom. The van der Waals surface area contributed by atoms with Gasteiger partial charge >= 0.3 is 0 Å². The molecule has 4 heterocycles. The van der Waals surface area contributed by atoms with E-state index < -0.39 is 5.67 Å². The number of aryl methyl sites for hydroxylation is 1. The Morgan fingerprint density at radius 3 is 2.90 bits per heavy atom. The molecule has 2 saturated heterocycles. The Morgan fingerprint density at radius 1 is 1.30 bits per heavy atom. The second kappa shape index (κ2) is 7.31. The smallest absolute Gasteiger partial charge is 0.294 e. The summed E-state index contributed by atoms with van der Waals surface area (Å²) >= 11 is 1.27. The van der Waals surface area contributed by atoms with Gasteiger partial charge in [-0.2, -0.15) is 5.10 Å². The van der Waals surface area contributed by atoms with Gasteiger partial charge in [-0.1, -0.05) is 16.4 Å². The standard InChI is InChI=1S/C21H24FN5O2S/c1-13-6-8-27(25-13)15-3-4-17(18(28)10-15)19-23-24-20(30-19)29-16-9-14-5-7-21(22,11-16)12-26(14)2/h3-4,6,8,10,14,16,28H,5,7,9,11-12H2,1-2H3. The molecular weight excluding hydrogens is 405 g/mol. The maximum absolute atomic E-state index is 15.1. The van der Waals surface area contributed by atoms with E-state index in [0.29, 0.717) is 41.2 Å². The normalized spacial score (nSPS) is 26.6. The van der Waals surface area contributed by atoms with Crippen molar-refractivity contribution in [3.8, 4) is 27.2 Å². The van der Waals surface area contributed by atoms with E-state index in [1.54, 1.807) is 16.8 Å². The number of benzene rings is 1. The number of piperidine rings is 1. The van der Waals surface area contributed by atoms with Crippen LogP contribution in [-0.4, -0.2) is 61.4 Å². The molecule has 2 aliphatic heterocycles. The lowest BCUT2D eigenvalue weighted by Crippen LogP contribution is -2.45. The molecular formula is C21H24FN5O2S. The largest absolute Gasteiger partial charge is 0.507 e. The van der Waals surface area contributed by atoms with Crippen LogP contribution in [0.2, 0.25) is 0 Å². The zero-order chi connectivity index (χ0) is 20.9. The predicted molar refractivity (Wildman–Crippen MR) is 112 cm³/mol. The predicted octanol–water partition coefficient (Wildman–Crippen LogP) is 3.75. The van der Waals surface area contributed by atoms with E-state index in [4.69, 9.17) is 4.74 Å². The van der Waals surface area contributed by atoms with E-state index in [1.165, 1.54) is 11.3 Å². The second-order valence-electron chi connectivity index (χ2n) is 8.41. The van der Waals surface area contributed by atoms with Crippen molar-refractivity contribution in [1.82, 2.24) is 24.9 Å². The van der Waals surface area contributed by atoms with E-state index >= 15 is 4.39 Å². The maximum Gasteiger partial charge on any atom is 0.294 e. The first-order chi connectivity index (χ1) is 14.4. The first-order valence-electron chi connectivity index (χ1n) is 10.1. The van der Waals surface area contributed by atoms with Crippen molar-refractivity contribution >= 4 is 11.3 Å². The van der Waals surface area contributed by atoms with E-state index in [9.17, 15) is 5.11 Å². The fourth-order valence-electron chi connectivity index (χ4n) is 4.56. The highest BCUT2D eigenvalue weighted by Gasteiger charge is 2.45. The molecule has 2 aromatic heterocycles. The summed E-state index contributed by atoms with van der Waals surface area (Å²) < 4.78 is 22.9. The SMILES string of the molecule is Cc1ccn(-c2ccc(-c3nnc(OC4CC5CCC(F)(C4)CN5C)s3)c(O)c2)n1. The Kier molecular flexibility index (Phi) is 4.74. The summed E-state index contributed by atoms with van der Waals surface area (Å²) in [6, 6.07) is 7.56. The fraction of sp³-hybridized carbons (Fsp3) is 0.476. The van der Waals surface area contributed by atoms with Crippen LogP contribution in [0.1, 0.15) is 31.4 Å². The molecule has 0 spiro atoms. The van der Waals surface area contributed by atoms with Crippen LogP contribution in [0.15, 0.2) is 30.5 Å². The van der Waals surface area contributed by atoms with Gasteiger partial charge < -0.3 is 14.7 Å². The molecule has 6 rings (SSSR count). The number of aromatic nitrogens is 4. The molecule has 3 unspecified atom stereocenters. The third-order valence-corrected chi connectivity index (χ3v) is 6.93. The Labute approximate surface area is 178 Å². The lowest BCUT2D eigenvalue weighted by atomic mass is 9.92. The van der Waals surface area contributed by atoms with Crippen LogP contribution in [0, 0.1) is 6.92 Å². The Bertz CT molecular complexity index is 1070. The topological polar surface area (TPSA) is 76.3 Å². The van der Waals surface area contributed by atoms with Crippen molar-refractivity contribution in [3.05, 3.63) is 36.2 Å². The zero-order valence-electron chi connectivity index (χ0n) is 17.0. The van der Waals surface area contributed by atoms with E-state index in [0.717, 1.165) is 24.2 Å². The van der Waals surface area contributed by atoms with Crippen molar-refractivity contribution in [1.29, 1.82) is 0 Å². The van der Waals surface area contributed by atoms with E-state index in [1.807, 2.05) is 32.3 Å². The number of nitrogens with zero attached hydrogens (tertiary/aromatic N) is 5. The fourth-order valence-corrected chi connectivity index (χ4v) is 5.36. The van der Waals surface area contributed by atoms with Gasteiger partial charge in [0, 0.05) is 37.7 Å². The third-order valence-electron chi connectivity index (χ3n) is 6.08. The van der Waals surface area contributed by atoms with Gasteiger partial charge in [-0.15, -0.1) is 5.10 Å². The van der Waals surface area contributed by atoms with Crippen LogP contribution in [0.3, 0.4) is 0 Å². The number of fused-ring (bicyclic) bond motifs is 4. The molecule has 7 nitrogen and oxygen atoms in total. The highest BCUT2D eigenvalue weighted by molar-refractivity contribution is 7.16. The Hall–Kier alpha value is -2.52. The molecule has 158 valence electrons. The minimum absolute atomic E-state index is 0.0974. The number of hydrogen-bond acceptors (Lipinski definition) is 7. The van der Waals surface area contributed by atoms with Crippen molar-refractivity contribution < 1.29 is 14.2 Å². The van der Waals surface area contributed by atoms with Crippen LogP contribution in [0.4, 0.5) is 4.39 Å². The summed E-state index contributed by atoms with van der Waals surface area (Å²) in [5, 5.41) is 24.2. The molecule has 9 heteroatoms. The minimum Gasteiger partial charge on any atom is -0.507 e. The highest BCUT2D eigenvalue weighted by Crippen LogP contribution is 2.41. The van der Waals surface area contributed by atoms with Crippen LogP contribution in [0.5, 0.6) is 10.9 Å². The van der Waals surface area contributed by atoms with Gasteiger partial charge in [0.25, 0.3) is 5.19 Å². The average Bonchev–Trinajstić information content (AvgIpc) is 3.26. The molecule has 0 amide bonds. The van der Waals surface area contributed by atoms with Crippen molar-refractivity contribution in [2.75, 3.05) is 13.6 Å². The summed E-state index contributed by atoms with van der Waals surface area (Å²) in [5.74, 6) is 0.0974. The molecule has 2 bridgehead atoms. The highest BCUT2D eigenvalue weighted by atomic mass is 32.1. The molecule has 30 heavy (non-hydrogen) atoms. The van der Waals surface area contributed by atoms with Gasteiger partial charge in [-0.05, 0) is 45.0 Å². The van der Waals surface area contributed by atoms with Gasteiger partial charge in [0.15, 0.2) is 5.01 Å². The van der Waals surface area contributed by atoms with Gasteiger partial charge in [0.2, 0.25) is 0 Å². The molecule has 1 N–H and O–H groups in total. The van der Waals surface area contributed by atoms with E-state index in [-0.39, 0.29) is 11.9 Å². The van der Waals surface area contributed by atoms with Gasteiger partial charge in [-0.3, -0.25) is 0 Å². The first kappa shape index (κ1) is 19.4. The van der Waals surface area contributed by atoms with Crippen LogP contribution >= 0.6 is 11.3 Å². The van der Waals surface area contributed by atoms with Crippen molar-refractivity contribution in [2.45, 2.75) is 50.4 Å². The second-order valence-corrected chi connectivity index (χ2v) is 9.35. The number of phenolic OH excluding ortho intramolecular Hbond substituents is 1. The van der Waals surface area contributed by atoms with Crippen molar-refractivity contribution in [3.63, 3.8) is 0 Å². The number of alkyl halides is 1. The molecule has 3 aromatic rings. The summed E-state index contributed by atoms with van der Waals surface area (Å²) in [7, 11) is 1.99. The number of aromatic hydroxyl groups is 1. The zero-order valence-corrected chi connectivity index (χ0v) is 17.8. The van der Waals surface area contributed by atoms with Gasteiger partial charge in [-0.25, -0.2) is 9.07 Å². The van der Waals surface area contributed by atoms with E-state index in [2.05, 4.69) is 20.2 Å². The summed E-state index contributed by atoms with van der Waals surface area (Å²) in [6.07, 6.45) is 4.26. The number of halogens is 1.